The molecule has 0 aromatic rings. The lowest BCUT2D eigenvalue weighted by Gasteiger charge is -2.37. The minimum atomic E-state index is -0.205. The molecule has 1 aliphatic rings. The van der Waals surface area contributed by atoms with E-state index in [2.05, 4.69) is 10.2 Å². The van der Waals surface area contributed by atoms with Crippen molar-refractivity contribution in [3.63, 3.8) is 0 Å². The summed E-state index contributed by atoms with van der Waals surface area (Å²) in [6, 6.07) is -0.0880. The van der Waals surface area contributed by atoms with Gasteiger partial charge in [0.1, 0.15) is 0 Å². The van der Waals surface area contributed by atoms with Gasteiger partial charge in [0.15, 0.2) is 0 Å². The van der Waals surface area contributed by atoms with Crippen LogP contribution in [0.3, 0.4) is 0 Å². The number of carbonyl (C=O) groups is 1. The molecule has 1 heterocycles. The Morgan fingerprint density at radius 1 is 1.64 bits per heavy atom. The number of amides is 1. The van der Waals surface area contributed by atoms with E-state index in [1.165, 1.54) is 0 Å². The van der Waals surface area contributed by atoms with Gasteiger partial charge in [-0.2, -0.15) is 0 Å². The topological polar surface area (TPSA) is 52.6 Å². The molecule has 14 heavy (non-hydrogen) atoms. The summed E-state index contributed by atoms with van der Waals surface area (Å²) in [7, 11) is 1.65. The molecule has 0 spiro atoms. The van der Waals surface area contributed by atoms with Crippen LogP contribution in [0, 0.1) is 5.92 Å². The second kappa shape index (κ2) is 4.75. The van der Waals surface area contributed by atoms with Crippen molar-refractivity contribution in [3.8, 4) is 0 Å². The Labute approximate surface area is 85.3 Å². The Kier molecular flexibility index (Phi) is 3.89. The summed E-state index contributed by atoms with van der Waals surface area (Å²) in [5.74, 6) is 0.310. The maximum absolute atomic E-state index is 11.4. The van der Waals surface area contributed by atoms with Crippen LogP contribution in [0.25, 0.3) is 0 Å². The van der Waals surface area contributed by atoms with Gasteiger partial charge in [-0.15, -0.1) is 0 Å². The number of aliphatic hydroxyl groups excluding tert-OH is 1. The number of hydrogen-bond acceptors (Lipinski definition) is 3. The van der Waals surface area contributed by atoms with E-state index in [1.54, 1.807) is 7.05 Å². The first kappa shape index (κ1) is 11.5. The average molecular weight is 200 g/mol. The van der Waals surface area contributed by atoms with Crippen molar-refractivity contribution >= 4 is 5.91 Å². The standard InChI is InChI=1S/C10H20N2O2/c1-7-6-12(5-4-9(7)13)8(2)10(14)11-3/h7-9,13H,4-6H2,1-3H3,(H,11,14). The fourth-order valence-electron chi connectivity index (χ4n) is 1.89. The number of rotatable bonds is 2. The quantitative estimate of drug-likeness (QED) is 0.650. The largest absolute Gasteiger partial charge is 0.393 e. The van der Waals surface area contributed by atoms with Crippen LogP contribution in [-0.4, -0.2) is 48.2 Å². The van der Waals surface area contributed by atoms with Crippen molar-refractivity contribution in [2.45, 2.75) is 32.4 Å². The molecule has 1 aliphatic heterocycles. The molecule has 1 fully saturated rings. The van der Waals surface area contributed by atoms with Gasteiger partial charge in [0.25, 0.3) is 0 Å². The number of hydrogen-bond donors (Lipinski definition) is 2. The van der Waals surface area contributed by atoms with Gasteiger partial charge < -0.3 is 10.4 Å². The molecule has 3 atom stereocenters. The molecule has 0 aromatic carbocycles. The van der Waals surface area contributed by atoms with Crippen molar-refractivity contribution in [1.82, 2.24) is 10.2 Å². The lowest BCUT2D eigenvalue weighted by molar-refractivity contribution is -0.126. The van der Waals surface area contributed by atoms with Gasteiger partial charge in [-0.25, -0.2) is 0 Å². The first-order valence-corrected chi connectivity index (χ1v) is 5.20. The molecule has 0 bridgehead atoms. The molecule has 82 valence electrons. The van der Waals surface area contributed by atoms with Crippen molar-refractivity contribution in [2.24, 2.45) is 5.92 Å². The number of likely N-dealkylation sites (N-methyl/N-ethyl adjacent to an activating group) is 1. The zero-order chi connectivity index (χ0) is 10.7. The third-order valence-electron chi connectivity index (χ3n) is 3.06. The van der Waals surface area contributed by atoms with Gasteiger partial charge in [0.2, 0.25) is 5.91 Å². The van der Waals surface area contributed by atoms with Crippen LogP contribution < -0.4 is 5.32 Å². The number of likely N-dealkylation sites (tertiary alicyclic amines) is 1. The van der Waals surface area contributed by atoms with Gasteiger partial charge in [0.05, 0.1) is 12.1 Å². The Hall–Kier alpha value is -0.610. The average Bonchev–Trinajstić information content (AvgIpc) is 2.20. The molecule has 0 aromatic heterocycles. The van der Waals surface area contributed by atoms with Gasteiger partial charge in [-0.1, -0.05) is 6.92 Å². The summed E-state index contributed by atoms with van der Waals surface area (Å²) in [6.07, 6.45) is 0.561. The monoisotopic (exact) mass is 200 g/mol. The third-order valence-corrected chi connectivity index (χ3v) is 3.06. The molecule has 1 rings (SSSR count). The van der Waals surface area contributed by atoms with Crippen molar-refractivity contribution in [3.05, 3.63) is 0 Å². The summed E-state index contributed by atoms with van der Waals surface area (Å²) < 4.78 is 0. The summed E-state index contributed by atoms with van der Waals surface area (Å²) in [5, 5.41) is 12.2. The normalized spacial score (nSPS) is 31.1. The Balaban J connectivity index is 2.50. The lowest BCUT2D eigenvalue weighted by atomic mass is 9.95. The van der Waals surface area contributed by atoms with Crippen LogP contribution in [0.4, 0.5) is 0 Å². The zero-order valence-corrected chi connectivity index (χ0v) is 9.16. The first-order valence-electron chi connectivity index (χ1n) is 5.20. The molecule has 2 N–H and O–H groups in total. The Morgan fingerprint density at radius 2 is 2.29 bits per heavy atom. The number of aliphatic hydroxyl groups is 1. The molecule has 4 heteroatoms. The second-order valence-electron chi connectivity index (χ2n) is 4.12. The van der Waals surface area contributed by atoms with Crippen LogP contribution in [0.2, 0.25) is 0 Å². The van der Waals surface area contributed by atoms with Gasteiger partial charge in [0, 0.05) is 20.1 Å². The fourth-order valence-corrected chi connectivity index (χ4v) is 1.89. The highest BCUT2D eigenvalue weighted by atomic mass is 16.3. The number of nitrogens with zero attached hydrogens (tertiary/aromatic N) is 1. The molecule has 0 aliphatic carbocycles. The minimum Gasteiger partial charge on any atom is -0.393 e. The highest BCUT2D eigenvalue weighted by molar-refractivity contribution is 5.80. The molecule has 1 saturated heterocycles. The van der Waals surface area contributed by atoms with E-state index in [0.717, 1.165) is 19.5 Å². The highest BCUT2D eigenvalue weighted by Crippen LogP contribution is 2.18. The minimum absolute atomic E-state index is 0.0496. The van der Waals surface area contributed by atoms with E-state index in [0.29, 0.717) is 0 Å². The van der Waals surface area contributed by atoms with E-state index in [-0.39, 0.29) is 24.0 Å². The summed E-state index contributed by atoms with van der Waals surface area (Å²) in [4.78, 5) is 13.5. The van der Waals surface area contributed by atoms with E-state index < -0.39 is 0 Å². The van der Waals surface area contributed by atoms with Crippen molar-refractivity contribution in [1.29, 1.82) is 0 Å². The predicted octanol–water partition coefficient (Wildman–Crippen LogP) is -0.176. The third kappa shape index (κ3) is 2.45. The molecule has 0 saturated carbocycles. The van der Waals surface area contributed by atoms with Crippen LogP contribution >= 0.6 is 0 Å². The van der Waals surface area contributed by atoms with Crippen LogP contribution in [0.15, 0.2) is 0 Å². The van der Waals surface area contributed by atoms with Gasteiger partial charge in [-0.3, -0.25) is 9.69 Å². The van der Waals surface area contributed by atoms with Crippen molar-refractivity contribution < 1.29 is 9.90 Å². The fraction of sp³-hybridized carbons (Fsp3) is 0.900. The number of carbonyl (C=O) groups excluding carboxylic acids is 1. The van der Waals surface area contributed by atoms with Gasteiger partial charge in [-0.05, 0) is 19.3 Å². The molecule has 4 nitrogen and oxygen atoms in total. The Bertz CT molecular complexity index is 208. The lowest BCUT2D eigenvalue weighted by Crippen LogP contribution is -2.51. The highest BCUT2D eigenvalue weighted by Gasteiger charge is 2.29. The Morgan fingerprint density at radius 3 is 2.79 bits per heavy atom. The maximum atomic E-state index is 11.4. The first-order chi connectivity index (χ1) is 6.56. The summed E-state index contributed by atoms with van der Waals surface area (Å²) >= 11 is 0. The number of nitrogens with one attached hydrogen (secondary N) is 1. The van der Waals surface area contributed by atoms with E-state index >= 15 is 0 Å². The SMILES string of the molecule is CNC(=O)C(C)N1CCC(O)C(C)C1. The maximum Gasteiger partial charge on any atom is 0.236 e. The second-order valence-corrected chi connectivity index (χ2v) is 4.12. The molecular weight excluding hydrogens is 180 g/mol. The van der Waals surface area contributed by atoms with E-state index in [9.17, 15) is 9.90 Å². The molecule has 0 radical (unpaired) electrons. The zero-order valence-electron chi connectivity index (χ0n) is 9.16. The molecule has 3 unspecified atom stereocenters. The van der Waals surface area contributed by atoms with Gasteiger partial charge >= 0.3 is 0 Å². The smallest absolute Gasteiger partial charge is 0.236 e. The van der Waals surface area contributed by atoms with Crippen LogP contribution in [-0.2, 0) is 4.79 Å². The summed E-state index contributed by atoms with van der Waals surface area (Å²) in [5.41, 5.74) is 0. The van der Waals surface area contributed by atoms with E-state index in [4.69, 9.17) is 0 Å². The van der Waals surface area contributed by atoms with Crippen LogP contribution in [0.5, 0.6) is 0 Å². The van der Waals surface area contributed by atoms with E-state index in [1.807, 2.05) is 13.8 Å². The predicted molar refractivity (Wildman–Crippen MR) is 54.9 cm³/mol. The molecule has 1 amide bonds. The molecular formula is C10H20N2O2. The summed E-state index contributed by atoms with van der Waals surface area (Å²) in [6.45, 7) is 5.53. The van der Waals surface area contributed by atoms with Crippen molar-refractivity contribution in [2.75, 3.05) is 20.1 Å². The van der Waals surface area contributed by atoms with Crippen LogP contribution in [0.1, 0.15) is 20.3 Å². The number of piperidine rings is 1.